The van der Waals surface area contributed by atoms with E-state index in [0.717, 1.165) is 0 Å². The highest BCUT2D eigenvalue weighted by Gasteiger charge is 2.56. The van der Waals surface area contributed by atoms with E-state index < -0.39 is 8.32 Å². The highest BCUT2D eigenvalue weighted by molar-refractivity contribution is 6.74. The lowest BCUT2D eigenvalue weighted by Gasteiger charge is -2.43. The van der Waals surface area contributed by atoms with Crippen LogP contribution in [0.1, 0.15) is 27.7 Å². The van der Waals surface area contributed by atoms with Gasteiger partial charge >= 0.3 is 5.97 Å². The fourth-order valence-corrected chi connectivity index (χ4v) is 4.78. The van der Waals surface area contributed by atoms with Crippen molar-refractivity contribution in [3.05, 3.63) is 11.6 Å². The standard InChI is InChI=1S/C17H28O5Si/c1-10(18)21-13-9-20-16-14-11(8-19-16)7-12(15(13)14)22-23(5,6)17(2,3)4/h7,12-16H,8-9H2,1-6H3/t12-,13-,14+,15+,16-/m0/s1. The average Bonchev–Trinajstić information content (AvgIpc) is 2.94. The number of ether oxygens (including phenoxy) is 3. The first kappa shape index (κ1) is 17.1. The SMILES string of the molecule is CC(=O)O[C@H]1CO[C@@H]2OCC3=C[C@H](O[Si](C)(C)C(C)(C)C)[C@H]1[C@@H]32. The van der Waals surface area contributed by atoms with Crippen LogP contribution in [0.2, 0.25) is 18.1 Å². The fourth-order valence-electron chi connectivity index (χ4n) is 3.52. The van der Waals surface area contributed by atoms with E-state index in [1.807, 2.05) is 0 Å². The summed E-state index contributed by atoms with van der Waals surface area (Å²) in [7, 11) is -1.91. The van der Waals surface area contributed by atoms with Gasteiger partial charge in [-0.25, -0.2) is 0 Å². The molecule has 5 nitrogen and oxygen atoms in total. The van der Waals surface area contributed by atoms with Gasteiger partial charge in [0.2, 0.25) is 0 Å². The maximum atomic E-state index is 11.5. The minimum Gasteiger partial charge on any atom is -0.460 e. The molecule has 0 radical (unpaired) electrons. The molecule has 0 N–H and O–H groups in total. The first-order chi connectivity index (χ1) is 10.6. The smallest absolute Gasteiger partial charge is 0.302 e. The molecule has 2 heterocycles. The molecule has 2 saturated heterocycles. The van der Waals surface area contributed by atoms with Crippen molar-refractivity contribution in [2.24, 2.45) is 11.8 Å². The molecular weight excluding hydrogens is 312 g/mol. The lowest BCUT2D eigenvalue weighted by atomic mass is 9.84. The van der Waals surface area contributed by atoms with E-state index in [1.54, 1.807) is 0 Å². The number of rotatable bonds is 3. The third-order valence-corrected chi connectivity index (χ3v) is 10.2. The molecule has 0 aromatic carbocycles. The topological polar surface area (TPSA) is 54.0 Å². The second kappa shape index (κ2) is 5.69. The van der Waals surface area contributed by atoms with Crippen LogP contribution in [0, 0.1) is 11.8 Å². The molecule has 0 unspecified atom stereocenters. The molecule has 0 spiro atoms. The Kier molecular flexibility index (Phi) is 4.24. The van der Waals surface area contributed by atoms with Crippen molar-refractivity contribution in [1.82, 2.24) is 0 Å². The zero-order valence-electron chi connectivity index (χ0n) is 14.9. The van der Waals surface area contributed by atoms with E-state index in [-0.39, 0.29) is 41.3 Å². The number of carbonyl (C=O) groups excluding carboxylic acids is 1. The van der Waals surface area contributed by atoms with E-state index in [9.17, 15) is 4.79 Å². The van der Waals surface area contributed by atoms with Gasteiger partial charge in [-0.15, -0.1) is 0 Å². The summed E-state index contributed by atoms with van der Waals surface area (Å²) in [6, 6.07) is 0. The van der Waals surface area contributed by atoms with Crippen LogP contribution in [0.15, 0.2) is 11.6 Å². The molecular formula is C17H28O5Si. The molecule has 2 aliphatic heterocycles. The van der Waals surface area contributed by atoms with E-state index in [2.05, 4.69) is 39.9 Å². The van der Waals surface area contributed by atoms with Crippen LogP contribution in [0.25, 0.3) is 0 Å². The van der Waals surface area contributed by atoms with Crippen molar-refractivity contribution < 1.29 is 23.4 Å². The van der Waals surface area contributed by atoms with Gasteiger partial charge in [0.15, 0.2) is 14.6 Å². The highest BCUT2D eigenvalue weighted by atomic mass is 28.4. The summed E-state index contributed by atoms with van der Waals surface area (Å²) in [5.41, 5.74) is 1.24. The zero-order chi connectivity index (χ0) is 17.0. The predicted molar refractivity (Wildman–Crippen MR) is 88.4 cm³/mol. The van der Waals surface area contributed by atoms with Gasteiger partial charge in [0.1, 0.15) is 6.10 Å². The summed E-state index contributed by atoms with van der Waals surface area (Å²) in [4.78, 5) is 11.5. The Morgan fingerprint density at radius 3 is 2.61 bits per heavy atom. The number of hydrogen-bond donors (Lipinski definition) is 0. The summed E-state index contributed by atoms with van der Waals surface area (Å²) in [5, 5.41) is 0.140. The summed E-state index contributed by atoms with van der Waals surface area (Å²) in [6.07, 6.45) is 1.70. The summed E-state index contributed by atoms with van der Waals surface area (Å²) < 4.78 is 23.7. The van der Waals surface area contributed by atoms with E-state index in [4.69, 9.17) is 18.6 Å². The predicted octanol–water partition coefficient (Wildman–Crippen LogP) is 2.87. The molecule has 23 heavy (non-hydrogen) atoms. The zero-order valence-corrected chi connectivity index (χ0v) is 15.9. The molecule has 0 saturated carbocycles. The van der Waals surface area contributed by atoms with Crippen molar-refractivity contribution in [2.75, 3.05) is 13.2 Å². The van der Waals surface area contributed by atoms with Gasteiger partial charge in [0.05, 0.1) is 19.3 Å². The quantitative estimate of drug-likeness (QED) is 0.449. The van der Waals surface area contributed by atoms with Crippen molar-refractivity contribution >= 4 is 14.3 Å². The molecule has 3 rings (SSSR count). The van der Waals surface area contributed by atoms with Gasteiger partial charge in [-0.05, 0) is 23.7 Å². The third-order valence-electron chi connectivity index (χ3n) is 5.72. The minimum atomic E-state index is -1.91. The Morgan fingerprint density at radius 2 is 2.00 bits per heavy atom. The summed E-state index contributed by atoms with van der Waals surface area (Å²) >= 11 is 0. The average molecular weight is 340 g/mol. The van der Waals surface area contributed by atoms with Crippen molar-refractivity contribution in [2.45, 2.75) is 64.3 Å². The van der Waals surface area contributed by atoms with E-state index in [0.29, 0.717) is 13.2 Å². The monoisotopic (exact) mass is 340 g/mol. The van der Waals surface area contributed by atoms with Gasteiger partial charge < -0.3 is 18.6 Å². The normalized spacial score (nSPS) is 36.6. The molecule has 0 amide bonds. The first-order valence-corrected chi connectivity index (χ1v) is 11.3. The largest absolute Gasteiger partial charge is 0.460 e. The van der Waals surface area contributed by atoms with Crippen LogP contribution < -0.4 is 0 Å². The van der Waals surface area contributed by atoms with Crippen LogP contribution >= 0.6 is 0 Å². The van der Waals surface area contributed by atoms with Gasteiger partial charge in [-0.3, -0.25) is 4.79 Å². The maximum Gasteiger partial charge on any atom is 0.302 e. The molecule has 1 aliphatic carbocycles. The van der Waals surface area contributed by atoms with E-state index >= 15 is 0 Å². The van der Waals surface area contributed by atoms with Crippen molar-refractivity contribution in [3.8, 4) is 0 Å². The Bertz CT molecular complexity index is 522. The molecule has 130 valence electrons. The Labute approximate surface area is 139 Å². The van der Waals surface area contributed by atoms with Crippen LogP contribution in [0.3, 0.4) is 0 Å². The Balaban J connectivity index is 1.85. The number of esters is 1. The molecule has 5 atom stereocenters. The summed E-state index contributed by atoms with van der Waals surface area (Å²) in [5.74, 6) is -0.0114. The minimum absolute atomic E-state index is 0.0180. The molecule has 0 bridgehead atoms. The van der Waals surface area contributed by atoms with Crippen LogP contribution in [-0.2, 0) is 23.4 Å². The van der Waals surface area contributed by atoms with Gasteiger partial charge in [-0.1, -0.05) is 26.8 Å². The molecule has 3 aliphatic rings. The molecule has 0 aromatic rings. The maximum absolute atomic E-state index is 11.5. The first-order valence-electron chi connectivity index (χ1n) is 8.39. The van der Waals surface area contributed by atoms with Crippen LogP contribution in [-0.4, -0.2) is 46.0 Å². The van der Waals surface area contributed by atoms with Crippen molar-refractivity contribution in [3.63, 3.8) is 0 Å². The fraction of sp³-hybridized carbons (Fsp3) is 0.824. The van der Waals surface area contributed by atoms with Crippen LogP contribution in [0.5, 0.6) is 0 Å². The van der Waals surface area contributed by atoms with Gasteiger partial charge in [0, 0.05) is 18.8 Å². The second-order valence-corrected chi connectivity index (χ2v) is 13.1. The van der Waals surface area contributed by atoms with Gasteiger partial charge in [-0.2, -0.15) is 0 Å². The van der Waals surface area contributed by atoms with Crippen molar-refractivity contribution in [1.29, 1.82) is 0 Å². The Hall–Kier alpha value is -0.693. The molecule has 2 fully saturated rings. The lowest BCUT2D eigenvalue weighted by Crippen LogP contribution is -2.52. The molecule has 6 heteroatoms. The summed E-state index contributed by atoms with van der Waals surface area (Å²) in [6.45, 7) is 13.6. The van der Waals surface area contributed by atoms with Gasteiger partial charge in [0.25, 0.3) is 0 Å². The third kappa shape index (κ3) is 3.02. The lowest BCUT2D eigenvalue weighted by molar-refractivity contribution is -0.216. The Morgan fingerprint density at radius 1 is 1.30 bits per heavy atom. The molecule has 0 aromatic heterocycles. The number of carbonyl (C=O) groups is 1. The van der Waals surface area contributed by atoms with Crippen LogP contribution in [0.4, 0.5) is 0 Å². The second-order valence-electron chi connectivity index (χ2n) is 8.35. The number of hydrogen-bond acceptors (Lipinski definition) is 5. The van der Waals surface area contributed by atoms with E-state index in [1.165, 1.54) is 12.5 Å². The highest BCUT2D eigenvalue weighted by Crippen LogP contribution is 2.49.